The summed E-state index contributed by atoms with van der Waals surface area (Å²) in [6.07, 6.45) is 1.24. The number of carbonyl (C=O) groups excluding carboxylic acids is 1. The van der Waals surface area contributed by atoms with Crippen LogP contribution in [0, 0.1) is 5.92 Å². The molecule has 23 heavy (non-hydrogen) atoms. The number of rotatable bonds is 5. The molecule has 3 rings (SSSR count). The molecule has 3 saturated heterocycles. The van der Waals surface area contributed by atoms with E-state index in [1.54, 1.807) is 7.11 Å². The minimum atomic E-state index is 0.109. The topological polar surface area (TPSA) is 45.2 Å². The molecule has 0 bridgehead atoms. The predicted molar refractivity (Wildman–Crippen MR) is 88.4 cm³/mol. The van der Waals surface area contributed by atoms with Gasteiger partial charge >= 0.3 is 0 Å². The molecule has 3 aliphatic heterocycles. The van der Waals surface area contributed by atoms with Crippen LogP contribution in [0.4, 0.5) is 0 Å². The molecular weight excluding hydrogens is 294 g/mol. The molecule has 1 spiro atoms. The number of fused-ring (bicyclic) bond motifs is 2. The minimum Gasteiger partial charge on any atom is -0.378 e. The van der Waals surface area contributed by atoms with Gasteiger partial charge in [-0.1, -0.05) is 13.8 Å². The number of ether oxygens (including phenoxy) is 2. The third kappa shape index (κ3) is 3.55. The zero-order chi connectivity index (χ0) is 16.4. The fraction of sp³-hybridized carbons (Fsp3) is 0.941. The quantitative estimate of drug-likeness (QED) is 0.726. The van der Waals surface area contributed by atoms with E-state index in [-0.39, 0.29) is 18.1 Å². The molecule has 3 fully saturated rings. The maximum absolute atomic E-state index is 12.3. The molecule has 0 aliphatic carbocycles. The van der Waals surface area contributed by atoms with E-state index in [0.29, 0.717) is 6.04 Å². The van der Waals surface area contributed by atoms with Gasteiger partial charge in [0.2, 0.25) is 5.91 Å². The molecule has 0 N–H and O–H groups in total. The first-order chi connectivity index (χ1) is 11.0. The van der Waals surface area contributed by atoms with Crippen molar-refractivity contribution in [1.29, 1.82) is 0 Å². The van der Waals surface area contributed by atoms with Crippen LogP contribution in [0.3, 0.4) is 0 Å². The van der Waals surface area contributed by atoms with Gasteiger partial charge in [-0.25, -0.2) is 0 Å². The Kier molecular flexibility index (Phi) is 5.26. The van der Waals surface area contributed by atoms with E-state index in [2.05, 4.69) is 23.6 Å². The van der Waals surface area contributed by atoms with Crippen molar-refractivity contribution in [1.82, 2.24) is 14.7 Å². The number of nitrogens with zero attached hydrogens (tertiary/aromatic N) is 3. The zero-order valence-electron chi connectivity index (χ0n) is 14.8. The summed E-state index contributed by atoms with van der Waals surface area (Å²) in [7, 11) is 1.59. The van der Waals surface area contributed by atoms with Crippen molar-refractivity contribution < 1.29 is 14.3 Å². The van der Waals surface area contributed by atoms with E-state index in [9.17, 15) is 4.79 Å². The number of amides is 1. The monoisotopic (exact) mass is 325 g/mol. The van der Waals surface area contributed by atoms with Gasteiger partial charge in [0.25, 0.3) is 0 Å². The molecule has 3 aliphatic rings. The molecule has 3 heterocycles. The lowest BCUT2D eigenvalue weighted by molar-refractivity contribution is -0.176. The summed E-state index contributed by atoms with van der Waals surface area (Å²) in [6.45, 7) is 12.2. The minimum absolute atomic E-state index is 0.109. The Balaban J connectivity index is 1.65. The average Bonchev–Trinajstić information content (AvgIpc) is 2.50. The Bertz CT molecular complexity index is 423. The van der Waals surface area contributed by atoms with Crippen LogP contribution in [-0.2, 0) is 14.3 Å². The molecule has 0 aromatic carbocycles. The van der Waals surface area contributed by atoms with Gasteiger partial charge in [0.15, 0.2) is 0 Å². The molecule has 1 unspecified atom stereocenters. The SMILES string of the molecule is COCC(=O)N1CC2COCCN2C2(CN(CCC(C)C)C2)C1. The van der Waals surface area contributed by atoms with Gasteiger partial charge in [0.1, 0.15) is 6.61 Å². The summed E-state index contributed by atoms with van der Waals surface area (Å²) in [6, 6.07) is 0.338. The van der Waals surface area contributed by atoms with Crippen molar-refractivity contribution >= 4 is 5.91 Å². The third-order valence-corrected chi connectivity index (χ3v) is 5.43. The third-order valence-electron chi connectivity index (χ3n) is 5.43. The molecule has 0 saturated carbocycles. The predicted octanol–water partition coefficient (Wildman–Crippen LogP) is 0.276. The molecular formula is C17H31N3O3. The molecule has 1 atom stereocenters. The Morgan fingerprint density at radius 1 is 1.35 bits per heavy atom. The van der Waals surface area contributed by atoms with Crippen LogP contribution in [0.25, 0.3) is 0 Å². The first-order valence-corrected chi connectivity index (χ1v) is 8.87. The van der Waals surface area contributed by atoms with Gasteiger partial charge in [-0.15, -0.1) is 0 Å². The lowest BCUT2D eigenvalue weighted by Crippen LogP contribution is -2.81. The standard InChI is InChI=1S/C17H31N3O3/c1-14(2)4-5-18-11-17(12-18)13-19(16(21)10-22-3)8-15-9-23-7-6-20(15)17/h14-15H,4-13H2,1-3H3. The van der Waals surface area contributed by atoms with E-state index < -0.39 is 0 Å². The number of hydrogen-bond donors (Lipinski definition) is 0. The maximum atomic E-state index is 12.3. The first-order valence-electron chi connectivity index (χ1n) is 8.87. The zero-order valence-corrected chi connectivity index (χ0v) is 14.8. The van der Waals surface area contributed by atoms with Crippen molar-refractivity contribution in [2.75, 3.05) is 66.2 Å². The Morgan fingerprint density at radius 2 is 2.13 bits per heavy atom. The van der Waals surface area contributed by atoms with Crippen LogP contribution in [0.2, 0.25) is 0 Å². The van der Waals surface area contributed by atoms with E-state index in [4.69, 9.17) is 9.47 Å². The van der Waals surface area contributed by atoms with Crippen LogP contribution in [-0.4, -0.2) is 98.4 Å². The summed E-state index contributed by atoms with van der Waals surface area (Å²) in [5, 5.41) is 0. The van der Waals surface area contributed by atoms with Crippen LogP contribution in [0.1, 0.15) is 20.3 Å². The largest absolute Gasteiger partial charge is 0.378 e. The summed E-state index contributed by atoms with van der Waals surface area (Å²) in [5.74, 6) is 0.853. The van der Waals surface area contributed by atoms with Crippen LogP contribution < -0.4 is 0 Å². The van der Waals surface area contributed by atoms with Crippen molar-refractivity contribution in [2.24, 2.45) is 5.92 Å². The molecule has 6 nitrogen and oxygen atoms in total. The van der Waals surface area contributed by atoms with Crippen molar-refractivity contribution in [3.63, 3.8) is 0 Å². The van der Waals surface area contributed by atoms with Crippen LogP contribution in [0.5, 0.6) is 0 Å². The molecule has 132 valence electrons. The molecule has 0 aromatic rings. The summed E-state index contributed by atoms with van der Waals surface area (Å²) in [5.41, 5.74) is 0.132. The van der Waals surface area contributed by atoms with Gasteiger partial charge < -0.3 is 14.4 Å². The summed E-state index contributed by atoms with van der Waals surface area (Å²) >= 11 is 0. The smallest absolute Gasteiger partial charge is 0.248 e. The molecule has 6 heteroatoms. The van der Waals surface area contributed by atoms with Gasteiger partial charge in [0, 0.05) is 39.8 Å². The van der Waals surface area contributed by atoms with E-state index in [0.717, 1.165) is 51.9 Å². The Morgan fingerprint density at radius 3 is 2.83 bits per heavy atom. The Labute approximate surface area is 139 Å². The van der Waals surface area contributed by atoms with Crippen molar-refractivity contribution in [3.05, 3.63) is 0 Å². The van der Waals surface area contributed by atoms with Gasteiger partial charge in [-0.3, -0.25) is 14.6 Å². The highest BCUT2D eigenvalue weighted by molar-refractivity contribution is 5.77. The van der Waals surface area contributed by atoms with Gasteiger partial charge in [-0.05, 0) is 18.9 Å². The van der Waals surface area contributed by atoms with Crippen molar-refractivity contribution in [3.8, 4) is 0 Å². The number of morpholine rings is 1. The number of hydrogen-bond acceptors (Lipinski definition) is 5. The number of carbonyl (C=O) groups is 1. The second kappa shape index (κ2) is 7.05. The number of likely N-dealkylation sites (tertiary alicyclic amines) is 1. The normalized spacial score (nSPS) is 28.0. The van der Waals surface area contributed by atoms with Gasteiger partial charge in [0.05, 0.1) is 24.8 Å². The van der Waals surface area contributed by atoms with E-state index >= 15 is 0 Å². The van der Waals surface area contributed by atoms with Crippen LogP contribution >= 0.6 is 0 Å². The van der Waals surface area contributed by atoms with E-state index in [1.807, 2.05) is 4.90 Å². The maximum Gasteiger partial charge on any atom is 0.248 e. The lowest BCUT2D eigenvalue weighted by atomic mass is 9.82. The van der Waals surface area contributed by atoms with E-state index in [1.165, 1.54) is 13.0 Å². The fourth-order valence-corrected chi connectivity index (χ4v) is 4.27. The number of methoxy groups -OCH3 is 1. The summed E-state index contributed by atoms with van der Waals surface area (Å²) < 4.78 is 10.7. The second-order valence-corrected chi connectivity index (χ2v) is 7.75. The molecule has 0 aromatic heterocycles. The summed E-state index contributed by atoms with van der Waals surface area (Å²) in [4.78, 5) is 19.5. The Hall–Kier alpha value is -0.690. The first kappa shape index (κ1) is 17.1. The van der Waals surface area contributed by atoms with Crippen LogP contribution in [0.15, 0.2) is 0 Å². The lowest BCUT2D eigenvalue weighted by Gasteiger charge is -2.63. The highest BCUT2D eigenvalue weighted by atomic mass is 16.5. The average molecular weight is 325 g/mol. The molecule has 0 radical (unpaired) electrons. The fourth-order valence-electron chi connectivity index (χ4n) is 4.27. The highest BCUT2D eigenvalue weighted by Crippen LogP contribution is 2.35. The highest BCUT2D eigenvalue weighted by Gasteiger charge is 2.54. The van der Waals surface area contributed by atoms with Crippen molar-refractivity contribution in [2.45, 2.75) is 31.8 Å². The van der Waals surface area contributed by atoms with Gasteiger partial charge in [-0.2, -0.15) is 0 Å². The second-order valence-electron chi connectivity index (χ2n) is 7.75. The number of piperazine rings is 1. The molecule has 1 amide bonds.